The van der Waals surface area contributed by atoms with Crippen LogP contribution in [-0.4, -0.2) is 23.3 Å². The van der Waals surface area contributed by atoms with Gasteiger partial charge in [-0.1, -0.05) is 6.07 Å². The molecule has 2 rings (SSSR count). The lowest BCUT2D eigenvalue weighted by molar-refractivity contribution is 0.0949. The molecule has 3 nitrogen and oxygen atoms in total. The highest BCUT2D eigenvalue weighted by Crippen LogP contribution is 2.11. The van der Waals surface area contributed by atoms with E-state index >= 15 is 0 Å². The largest absolute Gasteiger partial charge is 0.314 e. The average molecular weight is 239 g/mol. The molecule has 16 heavy (non-hydrogen) atoms. The Morgan fingerprint density at radius 2 is 2.06 bits per heavy atom. The summed E-state index contributed by atoms with van der Waals surface area (Å²) in [5.41, 5.74) is 1.77. The highest BCUT2D eigenvalue weighted by molar-refractivity contribution is 5.99. The zero-order valence-electron chi connectivity index (χ0n) is 9.31. The lowest BCUT2D eigenvalue weighted by Crippen LogP contribution is -2.31. The first-order valence-electron chi connectivity index (χ1n) is 5.01. The first-order chi connectivity index (χ1) is 7.24. The average Bonchev–Trinajstić information content (AvgIpc) is 2.70. The molecule has 0 spiro atoms. The van der Waals surface area contributed by atoms with E-state index in [1.165, 1.54) is 0 Å². The maximum Gasteiger partial charge on any atom is 0.196 e. The van der Waals surface area contributed by atoms with E-state index < -0.39 is 0 Å². The number of carbonyl (C=O) groups excluding carboxylic acids is 1. The van der Waals surface area contributed by atoms with Crippen molar-refractivity contribution < 1.29 is 4.79 Å². The molecule has 0 aliphatic carbocycles. The first-order valence-corrected chi connectivity index (χ1v) is 5.01. The molecule has 1 unspecified atom stereocenters. The molecule has 0 saturated heterocycles. The van der Waals surface area contributed by atoms with E-state index in [0.717, 1.165) is 11.2 Å². The number of rotatable bonds is 3. The van der Waals surface area contributed by atoms with Crippen LogP contribution in [0.5, 0.6) is 0 Å². The van der Waals surface area contributed by atoms with Crippen molar-refractivity contribution in [2.24, 2.45) is 0 Å². The smallest absolute Gasteiger partial charge is 0.196 e. The van der Waals surface area contributed by atoms with Crippen molar-refractivity contribution >= 4 is 23.7 Å². The summed E-state index contributed by atoms with van der Waals surface area (Å²) in [4.78, 5) is 12.0. The quantitative estimate of drug-likeness (QED) is 0.832. The highest BCUT2D eigenvalue weighted by atomic mass is 35.5. The number of nitrogens with one attached hydrogen (secondary N) is 1. The monoisotopic (exact) mass is 238 g/mol. The molecule has 1 atom stereocenters. The molecule has 0 aliphatic heterocycles. The van der Waals surface area contributed by atoms with E-state index in [1.54, 1.807) is 7.05 Å². The van der Waals surface area contributed by atoms with E-state index in [-0.39, 0.29) is 24.2 Å². The minimum absolute atomic E-state index is 0. The fraction of sp³-hybridized carbons (Fsp3) is 0.250. The van der Waals surface area contributed by atoms with Gasteiger partial charge in [0.25, 0.3) is 0 Å². The molecular weight excluding hydrogens is 224 g/mol. The molecule has 0 fully saturated rings. The van der Waals surface area contributed by atoms with Gasteiger partial charge in [0, 0.05) is 11.7 Å². The zero-order chi connectivity index (χ0) is 10.8. The summed E-state index contributed by atoms with van der Waals surface area (Å²) in [6.45, 7) is 1.87. The third-order valence-electron chi connectivity index (χ3n) is 2.64. The van der Waals surface area contributed by atoms with Gasteiger partial charge in [-0.3, -0.25) is 4.79 Å². The van der Waals surface area contributed by atoms with Gasteiger partial charge in [0.1, 0.15) is 0 Å². The Labute approximate surface area is 101 Å². The Kier molecular flexibility index (Phi) is 4.10. The number of hydrogen-bond donors (Lipinski definition) is 1. The summed E-state index contributed by atoms with van der Waals surface area (Å²) in [7, 11) is 1.79. The van der Waals surface area contributed by atoms with E-state index in [9.17, 15) is 4.79 Å². The third-order valence-corrected chi connectivity index (χ3v) is 2.64. The summed E-state index contributed by atoms with van der Waals surface area (Å²) in [5.74, 6) is 0.115. The van der Waals surface area contributed by atoms with Crippen LogP contribution in [0.4, 0.5) is 0 Å². The van der Waals surface area contributed by atoms with Crippen LogP contribution in [0.1, 0.15) is 17.4 Å². The molecule has 86 valence electrons. The van der Waals surface area contributed by atoms with Crippen LogP contribution in [-0.2, 0) is 0 Å². The number of carbonyl (C=O) groups is 1. The van der Waals surface area contributed by atoms with Gasteiger partial charge in [-0.2, -0.15) is 0 Å². The summed E-state index contributed by atoms with van der Waals surface area (Å²) in [5, 5.41) is 2.95. The van der Waals surface area contributed by atoms with Crippen molar-refractivity contribution in [1.29, 1.82) is 0 Å². The fourth-order valence-corrected chi connectivity index (χ4v) is 1.61. The molecule has 0 saturated carbocycles. The topological polar surface area (TPSA) is 33.5 Å². The van der Waals surface area contributed by atoms with Crippen molar-refractivity contribution in [2.45, 2.75) is 13.0 Å². The molecule has 2 aromatic rings. The summed E-state index contributed by atoms with van der Waals surface area (Å²) in [6, 6.07) is 9.55. The van der Waals surface area contributed by atoms with Crippen LogP contribution in [0.2, 0.25) is 0 Å². The minimum atomic E-state index is -0.150. The number of aromatic nitrogens is 1. The molecule has 0 amide bonds. The second-order valence-corrected chi connectivity index (χ2v) is 3.59. The second-order valence-electron chi connectivity index (χ2n) is 3.59. The van der Waals surface area contributed by atoms with Crippen molar-refractivity contribution in [1.82, 2.24) is 9.72 Å². The van der Waals surface area contributed by atoms with Gasteiger partial charge >= 0.3 is 0 Å². The van der Waals surface area contributed by atoms with Gasteiger partial charge in [-0.05, 0) is 38.2 Å². The van der Waals surface area contributed by atoms with Crippen LogP contribution in [0.3, 0.4) is 0 Å². The number of hydrogen-bond acceptors (Lipinski definition) is 2. The van der Waals surface area contributed by atoms with Gasteiger partial charge < -0.3 is 9.72 Å². The molecule has 2 heterocycles. The Balaban J connectivity index is 0.00000128. The third kappa shape index (κ3) is 2.10. The van der Waals surface area contributed by atoms with Gasteiger partial charge in [-0.25, -0.2) is 0 Å². The minimum Gasteiger partial charge on any atom is -0.314 e. The fourth-order valence-electron chi connectivity index (χ4n) is 1.61. The summed E-state index contributed by atoms with van der Waals surface area (Å²) in [6.07, 6.45) is 1.91. The zero-order valence-corrected chi connectivity index (χ0v) is 10.1. The number of Topliss-reactive ketones (excluding diaryl/α,β-unsaturated/α-hetero) is 1. The molecule has 0 radical (unpaired) electrons. The summed E-state index contributed by atoms with van der Waals surface area (Å²) >= 11 is 0. The van der Waals surface area contributed by atoms with E-state index in [1.807, 2.05) is 47.9 Å². The Morgan fingerprint density at radius 1 is 1.31 bits per heavy atom. The second kappa shape index (κ2) is 5.14. The maximum atomic E-state index is 12.0. The molecule has 0 bridgehead atoms. The van der Waals surface area contributed by atoms with Crippen molar-refractivity contribution in [2.75, 3.05) is 7.05 Å². The van der Waals surface area contributed by atoms with E-state index in [2.05, 4.69) is 5.32 Å². The molecule has 1 N–H and O–H groups in total. The lowest BCUT2D eigenvalue weighted by Gasteiger charge is -2.08. The number of ketones is 1. The predicted molar refractivity (Wildman–Crippen MR) is 67.5 cm³/mol. The van der Waals surface area contributed by atoms with Gasteiger partial charge in [0.2, 0.25) is 0 Å². The van der Waals surface area contributed by atoms with Crippen LogP contribution in [0.15, 0.2) is 36.5 Å². The number of likely N-dealkylation sites (N-methyl/N-ethyl adjacent to an activating group) is 1. The standard InChI is InChI=1S/C12H14N2O.ClH/c1-9(13-2)12(15)11-7-6-10-5-3-4-8-14(10)11;/h3-9,13H,1-2H3;1H. The molecular formula is C12H15ClN2O. The molecule has 0 aliphatic rings. The number of pyridine rings is 1. The van der Waals surface area contributed by atoms with Gasteiger partial charge in [0.15, 0.2) is 5.78 Å². The maximum absolute atomic E-state index is 12.0. The van der Waals surface area contributed by atoms with Crippen LogP contribution >= 0.6 is 12.4 Å². The predicted octanol–water partition coefficient (Wildman–Crippen LogP) is 2.15. The Morgan fingerprint density at radius 3 is 2.75 bits per heavy atom. The van der Waals surface area contributed by atoms with Crippen molar-refractivity contribution in [3.63, 3.8) is 0 Å². The van der Waals surface area contributed by atoms with Crippen molar-refractivity contribution in [3.8, 4) is 0 Å². The Bertz CT molecular complexity index is 492. The lowest BCUT2D eigenvalue weighted by atomic mass is 10.1. The van der Waals surface area contributed by atoms with E-state index in [4.69, 9.17) is 0 Å². The van der Waals surface area contributed by atoms with E-state index in [0.29, 0.717) is 0 Å². The summed E-state index contributed by atoms with van der Waals surface area (Å²) < 4.78 is 1.91. The van der Waals surface area contributed by atoms with Crippen LogP contribution < -0.4 is 5.32 Å². The molecule has 0 aromatic carbocycles. The normalized spacial score (nSPS) is 12.1. The SMILES string of the molecule is CNC(C)C(=O)c1ccc2ccccn12.Cl. The van der Waals surface area contributed by atoms with Crippen molar-refractivity contribution in [3.05, 3.63) is 42.2 Å². The van der Waals surface area contributed by atoms with Crippen LogP contribution in [0, 0.1) is 0 Å². The highest BCUT2D eigenvalue weighted by Gasteiger charge is 2.15. The number of fused-ring (bicyclic) bond motifs is 1. The first kappa shape index (κ1) is 12.7. The molecule has 4 heteroatoms. The number of nitrogens with zero attached hydrogens (tertiary/aromatic N) is 1. The Hall–Kier alpha value is -1.32. The van der Waals surface area contributed by atoms with Gasteiger partial charge in [-0.15, -0.1) is 12.4 Å². The van der Waals surface area contributed by atoms with Gasteiger partial charge in [0.05, 0.1) is 11.7 Å². The molecule has 2 aromatic heterocycles. The number of halogens is 1. The van der Waals surface area contributed by atoms with Crippen LogP contribution in [0.25, 0.3) is 5.52 Å².